The van der Waals surface area contributed by atoms with Crippen molar-refractivity contribution in [1.82, 2.24) is 0 Å². The fraction of sp³-hybridized carbons (Fsp3) is 0.345. The fourth-order valence-corrected chi connectivity index (χ4v) is 3.97. The topological polar surface area (TPSA) is 57.2 Å². The molecule has 1 aliphatic heterocycles. The van der Waals surface area contributed by atoms with Gasteiger partial charge >= 0.3 is 5.97 Å². The zero-order valence-electron chi connectivity index (χ0n) is 21.1. The summed E-state index contributed by atoms with van der Waals surface area (Å²) in [7, 11) is 1.59. The first-order chi connectivity index (χ1) is 17.2. The largest absolute Gasteiger partial charge is 0.493 e. The molecular weight excluding hydrogens is 461 g/mol. The van der Waals surface area contributed by atoms with Gasteiger partial charge in [-0.2, -0.15) is 0 Å². The summed E-state index contributed by atoms with van der Waals surface area (Å²) in [5, 5.41) is 0. The molecule has 0 radical (unpaired) electrons. The van der Waals surface area contributed by atoms with E-state index in [0.717, 1.165) is 29.8 Å². The predicted molar refractivity (Wildman–Crippen MR) is 136 cm³/mol. The molecule has 1 unspecified atom stereocenters. The van der Waals surface area contributed by atoms with Crippen LogP contribution in [-0.4, -0.2) is 31.6 Å². The van der Waals surface area contributed by atoms with E-state index in [9.17, 15) is 9.18 Å². The molecule has 1 fully saturated rings. The van der Waals surface area contributed by atoms with Crippen LogP contribution in [0.4, 0.5) is 15.8 Å². The molecule has 0 spiro atoms. The maximum atomic E-state index is 14.0. The first-order valence-electron chi connectivity index (χ1n) is 12.0. The van der Waals surface area contributed by atoms with Crippen molar-refractivity contribution in [3.05, 3.63) is 83.7 Å². The number of hydrogen-bond acceptors (Lipinski definition) is 6. The number of carbonyl (C=O) groups is 1. The minimum Gasteiger partial charge on any atom is -0.493 e. The van der Waals surface area contributed by atoms with Crippen LogP contribution in [-0.2, 0) is 16.0 Å². The first-order valence-corrected chi connectivity index (χ1v) is 12.0. The van der Waals surface area contributed by atoms with Crippen LogP contribution in [0, 0.1) is 5.82 Å². The molecule has 7 heteroatoms. The molecule has 0 saturated carbocycles. The Morgan fingerprint density at radius 2 is 1.78 bits per heavy atom. The lowest BCUT2D eigenvalue weighted by Crippen LogP contribution is -2.24. The smallest absolute Gasteiger partial charge is 0.338 e. The van der Waals surface area contributed by atoms with Crippen LogP contribution in [0.5, 0.6) is 11.5 Å². The summed E-state index contributed by atoms with van der Waals surface area (Å²) in [4.78, 5) is 14.5. The number of esters is 1. The molecule has 0 N–H and O–H groups in total. The molecule has 190 valence electrons. The summed E-state index contributed by atoms with van der Waals surface area (Å²) in [6.45, 7) is 6.57. The van der Waals surface area contributed by atoms with Gasteiger partial charge in [0.1, 0.15) is 11.4 Å². The standard InChI is InChI=1S/C29H32FNO5/c1-29(2,3)36-28(32)21-10-12-23(13-11-21)31(19-20-7-5-8-22(30)17-20)24-14-15-25(33-4)26(18-24)35-27-9-6-16-34-27/h5,7-8,10-15,17-18,27H,6,9,16,19H2,1-4H3. The highest BCUT2D eigenvalue weighted by molar-refractivity contribution is 5.90. The van der Waals surface area contributed by atoms with Gasteiger partial charge in [0, 0.05) is 30.4 Å². The highest BCUT2D eigenvalue weighted by atomic mass is 19.1. The first kappa shape index (κ1) is 25.5. The zero-order chi connectivity index (χ0) is 25.7. The Morgan fingerprint density at radius 3 is 2.42 bits per heavy atom. The van der Waals surface area contributed by atoms with Crippen molar-refractivity contribution in [2.75, 3.05) is 18.6 Å². The van der Waals surface area contributed by atoms with Gasteiger partial charge < -0.3 is 23.8 Å². The van der Waals surface area contributed by atoms with E-state index < -0.39 is 5.60 Å². The number of hydrogen-bond donors (Lipinski definition) is 0. The Balaban J connectivity index is 1.68. The highest BCUT2D eigenvalue weighted by Crippen LogP contribution is 2.37. The normalized spacial score (nSPS) is 15.4. The van der Waals surface area contributed by atoms with Gasteiger partial charge in [0.05, 0.1) is 19.3 Å². The average molecular weight is 494 g/mol. The van der Waals surface area contributed by atoms with Crippen molar-refractivity contribution < 1.29 is 28.1 Å². The van der Waals surface area contributed by atoms with Gasteiger partial charge in [-0.25, -0.2) is 9.18 Å². The number of nitrogens with zero attached hydrogens (tertiary/aromatic N) is 1. The van der Waals surface area contributed by atoms with Crippen molar-refractivity contribution in [2.24, 2.45) is 0 Å². The van der Waals surface area contributed by atoms with Crippen molar-refractivity contribution in [3.8, 4) is 11.5 Å². The second kappa shape index (κ2) is 11.0. The summed E-state index contributed by atoms with van der Waals surface area (Å²) in [5.41, 5.74) is 2.31. The summed E-state index contributed by atoms with van der Waals surface area (Å²) in [5.74, 6) is 0.476. The van der Waals surface area contributed by atoms with Gasteiger partial charge in [0.25, 0.3) is 0 Å². The van der Waals surface area contributed by atoms with Crippen molar-refractivity contribution in [2.45, 2.75) is 52.0 Å². The molecular formula is C29H32FNO5. The third kappa shape index (κ3) is 6.55. The van der Waals surface area contributed by atoms with Gasteiger partial charge in [-0.1, -0.05) is 12.1 Å². The van der Waals surface area contributed by atoms with E-state index in [0.29, 0.717) is 30.2 Å². The van der Waals surface area contributed by atoms with Gasteiger partial charge in [-0.15, -0.1) is 0 Å². The lowest BCUT2D eigenvalue weighted by molar-refractivity contribution is -0.0402. The van der Waals surface area contributed by atoms with Gasteiger partial charge in [0.2, 0.25) is 0 Å². The van der Waals surface area contributed by atoms with Crippen molar-refractivity contribution >= 4 is 17.3 Å². The molecule has 3 aromatic rings. The summed E-state index contributed by atoms with van der Waals surface area (Å²) in [6, 6.07) is 19.3. The lowest BCUT2D eigenvalue weighted by Gasteiger charge is -2.27. The zero-order valence-corrected chi connectivity index (χ0v) is 21.1. The van der Waals surface area contributed by atoms with Gasteiger partial charge in [-0.3, -0.25) is 0 Å². The predicted octanol–water partition coefficient (Wildman–Crippen LogP) is 6.64. The Bertz CT molecular complexity index is 1180. The number of anilines is 2. The fourth-order valence-electron chi connectivity index (χ4n) is 3.97. The average Bonchev–Trinajstić information content (AvgIpc) is 3.35. The van der Waals surface area contributed by atoms with Crippen LogP contribution >= 0.6 is 0 Å². The number of ether oxygens (including phenoxy) is 4. The summed E-state index contributed by atoms with van der Waals surface area (Å²) < 4.78 is 36.7. The number of benzene rings is 3. The maximum absolute atomic E-state index is 14.0. The quantitative estimate of drug-likeness (QED) is 0.328. The molecule has 36 heavy (non-hydrogen) atoms. The third-order valence-corrected chi connectivity index (χ3v) is 5.65. The van der Waals surface area contributed by atoms with Crippen molar-refractivity contribution in [1.29, 1.82) is 0 Å². The maximum Gasteiger partial charge on any atom is 0.338 e. The number of carbonyl (C=O) groups excluding carboxylic acids is 1. The molecule has 0 aliphatic carbocycles. The van der Waals surface area contributed by atoms with Crippen LogP contribution in [0.1, 0.15) is 49.5 Å². The van der Waals surface area contributed by atoms with E-state index in [1.807, 2.05) is 62.1 Å². The SMILES string of the molecule is COc1ccc(N(Cc2cccc(F)c2)c2ccc(C(=O)OC(C)(C)C)cc2)cc1OC1CCCO1. The van der Waals surface area contributed by atoms with E-state index in [-0.39, 0.29) is 18.1 Å². The molecule has 0 amide bonds. The van der Waals surface area contributed by atoms with Crippen LogP contribution in [0.2, 0.25) is 0 Å². The van der Waals surface area contributed by atoms with Crippen LogP contribution in [0.25, 0.3) is 0 Å². The van der Waals surface area contributed by atoms with Crippen LogP contribution in [0.15, 0.2) is 66.7 Å². The van der Waals surface area contributed by atoms with E-state index in [1.165, 1.54) is 12.1 Å². The second-order valence-corrected chi connectivity index (χ2v) is 9.66. The van der Waals surface area contributed by atoms with Crippen LogP contribution < -0.4 is 14.4 Å². The van der Waals surface area contributed by atoms with E-state index >= 15 is 0 Å². The molecule has 3 aromatic carbocycles. The van der Waals surface area contributed by atoms with Crippen LogP contribution in [0.3, 0.4) is 0 Å². The van der Waals surface area contributed by atoms with Crippen molar-refractivity contribution in [3.63, 3.8) is 0 Å². The third-order valence-electron chi connectivity index (χ3n) is 5.65. The number of halogens is 1. The Labute approximate surface area is 211 Å². The number of methoxy groups -OCH3 is 1. The molecule has 0 bridgehead atoms. The van der Waals surface area contributed by atoms with E-state index in [1.54, 1.807) is 25.3 Å². The second-order valence-electron chi connectivity index (χ2n) is 9.66. The summed E-state index contributed by atoms with van der Waals surface area (Å²) in [6.07, 6.45) is 1.44. The van der Waals surface area contributed by atoms with Gasteiger partial charge in [0.15, 0.2) is 17.8 Å². The minimum atomic E-state index is -0.582. The molecule has 1 atom stereocenters. The Kier molecular flexibility index (Phi) is 7.79. The Hall–Kier alpha value is -3.58. The van der Waals surface area contributed by atoms with Gasteiger partial charge in [-0.05, 0) is 81.3 Å². The lowest BCUT2D eigenvalue weighted by atomic mass is 10.1. The monoisotopic (exact) mass is 493 g/mol. The minimum absolute atomic E-state index is 0.301. The molecule has 0 aromatic heterocycles. The summed E-state index contributed by atoms with van der Waals surface area (Å²) >= 11 is 0. The number of rotatable bonds is 8. The molecule has 1 aliphatic rings. The molecule has 6 nitrogen and oxygen atoms in total. The van der Waals surface area contributed by atoms with E-state index in [4.69, 9.17) is 18.9 Å². The molecule has 1 heterocycles. The highest BCUT2D eigenvalue weighted by Gasteiger charge is 2.22. The molecule has 4 rings (SSSR count). The Morgan fingerprint density at radius 1 is 1.03 bits per heavy atom. The van der Waals surface area contributed by atoms with E-state index in [2.05, 4.69) is 0 Å². The molecule has 1 saturated heterocycles.